The number of nitrogens with two attached hydrogens (primary N) is 1. The van der Waals surface area contributed by atoms with E-state index >= 15 is 0 Å². The minimum atomic E-state index is -0.660. The van der Waals surface area contributed by atoms with Gasteiger partial charge in [-0.25, -0.2) is 0 Å². The van der Waals surface area contributed by atoms with Gasteiger partial charge >= 0.3 is 0 Å². The van der Waals surface area contributed by atoms with Gasteiger partial charge in [0.25, 0.3) is 0 Å². The van der Waals surface area contributed by atoms with E-state index in [1.54, 1.807) is 0 Å². The van der Waals surface area contributed by atoms with Crippen molar-refractivity contribution in [1.82, 2.24) is 10.1 Å². The summed E-state index contributed by atoms with van der Waals surface area (Å²) >= 11 is 0. The van der Waals surface area contributed by atoms with E-state index in [-0.39, 0.29) is 0 Å². The van der Waals surface area contributed by atoms with Crippen molar-refractivity contribution in [2.24, 2.45) is 11.7 Å². The molecular weight excluding hydrogens is 254 g/mol. The van der Waals surface area contributed by atoms with Crippen molar-refractivity contribution in [2.45, 2.75) is 69.9 Å². The third-order valence-electron chi connectivity index (χ3n) is 4.59. The van der Waals surface area contributed by atoms with Gasteiger partial charge in [-0.15, -0.1) is 0 Å². The van der Waals surface area contributed by atoms with Gasteiger partial charge < -0.3 is 15.0 Å². The summed E-state index contributed by atoms with van der Waals surface area (Å²) in [7, 11) is 0. The van der Waals surface area contributed by atoms with Crippen LogP contribution in [0.1, 0.15) is 63.6 Å². The molecule has 0 amide bonds. The lowest BCUT2D eigenvalue weighted by molar-refractivity contribution is -0.0222. The predicted molar refractivity (Wildman–Crippen MR) is 75.1 cm³/mol. The SMILES string of the molecule is CC(N)(COC1CCC1)c1noc(CC2CCCC2)n1. The zero-order valence-electron chi connectivity index (χ0n) is 12.3. The summed E-state index contributed by atoms with van der Waals surface area (Å²) in [5, 5.41) is 4.06. The van der Waals surface area contributed by atoms with Crippen LogP contribution < -0.4 is 5.73 Å². The van der Waals surface area contributed by atoms with Gasteiger partial charge in [0, 0.05) is 6.42 Å². The van der Waals surface area contributed by atoms with Crippen molar-refractivity contribution in [3.05, 3.63) is 11.7 Å². The average Bonchev–Trinajstić information content (AvgIpc) is 2.99. The Bertz CT molecular complexity index is 434. The Morgan fingerprint density at radius 1 is 1.25 bits per heavy atom. The molecule has 0 aliphatic heterocycles. The molecule has 0 bridgehead atoms. The highest BCUT2D eigenvalue weighted by atomic mass is 16.5. The number of ether oxygens (including phenoxy) is 1. The van der Waals surface area contributed by atoms with Crippen molar-refractivity contribution < 1.29 is 9.26 Å². The van der Waals surface area contributed by atoms with Crippen LogP contribution in [0.15, 0.2) is 4.52 Å². The number of nitrogens with zero attached hydrogens (tertiary/aromatic N) is 2. The summed E-state index contributed by atoms with van der Waals surface area (Å²) in [5.41, 5.74) is 5.62. The van der Waals surface area contributed by atoms with Gasteiger partial charge in [0.05, 0.1) is 12.7 Å². The first-order chi connectivity index (χ1) is 9.63. The van der Waals surface area contributed by atoms with Crippen LogP contribution in [0.5, 0.6) is 0 Å². The van der Waals surface area contributed by atoms with Crippen molar-refractivity contribution >= 4 is 0 Å². The second-order valence-corrected chi connectivity index (χ2v) is 6.65. The van der Waals surface area contributed by atoms with Crippen LogP contribution in [-0.4, -0.2) is 22.9 Å². The Balaban J connectivity index is 1.55. The molecule has 20 heavy (non-hydrogen) atoms. The van der Waals surface area contributed by atoms with Gasteiger partial charge in [-0.2, -0.15) is 4.98 Å². The lowest BCUT2D eigenvalue weighted by atomic mass is 9.95. The molecule has 5 nitrogen and oxygen atoms in total. The van der Waals surface area contributed by atoms with Crippen LogP contribution in [-0.2, 0) is 16.7 Å². The van der Waals surface area contributed by atoms with Crippen LogP contribution in [0.25, 0.3) is 0 Å². The molecule has 2 fully saturated rings. The Hall–Kier alpha value is -0.940. The monoisotopic (exact) mass is 279 g/mol. The molecule has 2 N–H and O–H groups in total. The highest BCUT2D eigenvalue weighted by Gasteiger charge is 2.31. The molecule has 5 heteroatoms. The molecule has 2 saturated carbocycles. The number of hydrogen-bond acceptors (Lipinski definition) is 5. The lowest BCUT2D eigenvalue weighted by Gasteiger charge is -2.29. The molecule has 0 spiro atoms. The van der Waals surface area contributed by atoms with Crippen molar-refractivity contribution in [3.63, 3.8) is 0 Å². The van der Waals surface area contributed by atoms with Crippen molar-refractivity contribution in [3.8, 4) is 0 Å². The maximum absolute atomic E-state index is 6.28. The van der Waals surface area contributed by atoms with Gasteiger partial charge in [0.2, 0.25) is 5.89 Å². The van der Waals surface area contributed by atoms with Crippen molar-refractivity contribution in [2.75, 3.05) is 6.61 Å². The van der Waals surface area contributed by atoms with Crippen molar-refractivity contribution in [1.29, 1.82) is 0 Å². The largest absolute Gasteiger partial charge is 0.376 e. The first kappa shape index (κ1) is 14.0. The molecular formula is C15H25N3O2. The molecule has 112 valence electrons. The molecule has 2 aliphatic rings. The number of hydrogen-bond donors (Lipinski definition) is 1. The van der Waals surface area contributed by atoms with E-state index in [0.717, 1.165) is 25.2 Å². The minimum Gasteiger partial charge on any atom is -0.376 e. The summed E-state index contributed by atoms with van der Waals surface area (Å²) in [5.74, 6) is 2.01. The topological polar surface area (TPSA) is 74.2 Å². The predicted octanol–water partition coefficient (Wildman–Crippen LogP) is 2.55. The summed E-state index contributed by atoms with van der Waals surface area (Å²) in [6.45, 7) is 2.37. The fourth-order valence-corrected chi connectivity index (χ4v) is 2.92. The average molecular weight is 279 g/mol. The third-order valence-corrected chi connectivity index (χ3v) is 4.59. The van der Waals surface area contributed by atoms with Gasteiger partial charge in [0.1, 0.15) is 5.54 Å². The molecule has 1 aromatic rings. The maximum atomic E-state index is 6.28. The molecule has 0 saturated heterocycles. The second-order valence-electron chi connectivity index (χ2n) is 6.65. The Morgan fingerprint density at radius 3 is 2.65 bits per heavy atom. The van der Waals surface area contributed by atoms with Gasteiger partial charge in [-0.1, -0.05) is 18.0 Å². The Labute approximate surface area is 120 Å². The van der Waals surface area contributed by atoms with E-state index in [4.69, 9.17) is 15.0 Å². The molecule has 1 heterocycles. The van der Waals surface area contributed by atoms with E-state index in [0.29, 0.717) is 24.5 Å². The summed E-state index contributed by atoms with van der Waals surface area (Å²) in [4.78, 5) is 4.48. The van der Waals surface area contributed by atoms with E-state index in [2.05, 4.69) is 10.1 Å². The molecule has 2 aliphatic carbocycles. The first-order valence-electron chi connectivity index (χ1n) is 7.87. The highest BCUT2D eigenvalue weighted by Crippen LogP contribution is 2.28. The summed E-state index contributed by atoms with van der Waals surface area (Å²) in [6.07, 6.45) is 10.1. The fraction of sp³-hybridized carbons (Fsp3) is 0.867. The highest BCUT2D eigenvalue weighted by molar-refractivity contribution is 5.02. The fourth-order valence-electron chi connectivity index (χ4n) is 2.92. The smallest absolute Gasteiger partial charge is 0.226 e. The van der Waals surface area contributed by atoms with E-state index in [9.17, 15) is 0 Å². The van der Waals surface area contributed by atoms with Crippen LogP contribution in [0, 0.1) is 5.92 Å². The van der Waals surface area contributed by atoms with Gasteiger partial charge in [-0.05, 0) is 44.9 Å². The molecule has 3 rings (SSSR count). The normalized spacial score (nSPS) is 23.7. The molecule has 0 aromatic carbocycles. The van der Waals surface area contributed by atoms with Gasteiger partial charge in [0.15, 0.2) is 5.82 Å². The number of rotatable bonds is 6. The van der Waals surface area contributed by atoms with Crippen LogP contribution >= 0.6 is 0 Å². The lowest BCUT2D eigenvalue weighted by Crippen LogP contribution is -2.41. The summed E-state index contributed by atoms with van der Waals surface area (Å²) < 4.78 is 11.2. The van der Waals surface area contributed by atoms with E-state index < -0.39 is 5.54 Å². The first-order valence-corrected chi connectivity index (χ1v) is 7.87. The number of aromatic nitrogens is 2. The van der Waals surface area contributed by atoms with E-state index in [1.807, 2.05) is 6.92 Å². The Kier molecular flexibility index (Phi) is 4.08. The van der Waals surface area contributed by atoms with Crippen LogP contribution in [0.2, 0.25) is 0 Å². The Morgan fingerprint density at radius 2 is 2.00 bits per heavy atom. The standard InChI is InChI=1S/C15H25N3O2/c1-15(16,10-19-12-7-4-8-12)14-17-13(20-18-14)9-11-5-2-3-6-11/h11-12H,2-10,16H2,1H3. The van der Waals surface area contributed by atoms with Crippen LogP contribution in [0.4, 0.5) is 0 Å². The third kappa shape index (κ3) is 3.20. The summed E-state index contributed by atoms with van der Waals surface area (Å²) in [6, 6.07) is 0. The minimum absolute atomic E-state index is 0.378. The molecule has 1 unspecified atom stereocenters. The maximum Gasteiger partial charge on any atom is 0.226 e. The molecule has 1 aromatic heterocycles. The molecule has 1 atom stereocenters. The zero-order valence-corrected chi connectivity index (χ0v) is 12.3. The molecule has 0 radical (unpaired) electrons. The van der Waals surface area contributed by atoms with E-state index in [1.165, 1.54) is 32.1 Å². The van der Waals surface area contributed by atoms with Gasteiger partial charge in [-0.3, -0.25) is 0 Å². The quantitative estimate of drug-likeness (QED) is 0.866. The second kappa shape index (κ2) is 5.82. The zero-order chi connectivity index (χ0) is 14.0. The van der Waals surface area contributed by atoms with Crippen LogP contribution in [0.3, 0.4) is 0 Å².